The van der Waals surface area contributed by atoms with Crippen LogP contribution < -0.4 is 5.32 Å². The fraction of sp³-hybridized carbons (Fsp3) is 0.579. The van der Waals surface area contributed by atoms with Crippen LogP contribution in [0.15, 0.2) is 24.3 Å². The fourth-order valence-corrected chi connectivity index (χ4v) is 3.91. The summed E-state index contributed by atoms with van der Waals surface area (Å²) >= 11 is 6.14. The number of carbonyl (C=O) groups excluding carboxylic acids is 2. The summed E-state index contributed by atoms with van der Waals surface area (Å²) in [6, 6.07) is 7.85. The number of carbonyl (C=O) groups is 2. The first-order chi connectivity index (χ1) is 12.0. The molecule has 1 N–H and O–H groups in total. The van der Waals surface area contributed by atoms with E-state index in [2.05, 4.69) is 12.2 Å². The van der Waals surface area contributed by atoms with E-state index in [0.29, 0.717) is 43.7 Å². The molecule has 2 aliphatic heterocycles. The molecular formula is C19H27Cl2N3O2. The van der Waals surface area contributed by atoms with E-state index in [1.165, 1.54) is 0 Å². The number of piperidine rings is 1. The molecule has 0 unspecified atom stereocenters. The zero-order valence-electron chi connectivity index (χ0n) is 15.1. The van der Waals surface area contributed by atoms with E-state index in [4.69, 9.17) is 11.6 Å². The van der Waals surface area contributed by atoms with E-state index in [9.17, 15) is 9.59 Å². The second-order valence-corrected chi connectivity index (χ2v) is 7.46. The number of amides is 2. The van der Waals surface area contributed by atoms with Crippen LogP contribution in [0.4, 0.5) is 0 Å². The van der Waals surface area contributed by atoms with Gasteiger partial charge in [0.1, 0.15) is 0 Å². The van der Waals surface area contributed by atoms with Crippen LogP contribution in [0.3, 0.4) is 0 Å². The van der Waals surface area contributed by atoms with E-state index in [1.807, 2.05) is 28.0 Å². The molecule has 2 saturated heterocycles. The van der Waals surface area contributed by atoms with Gasteiger partial charge in [-0.3, -0.25) is 9.59 Å². The molecular weight excluding hydrogens is 373 g/mol. The molecule has 0 spiro atoms. The van der Waals surface area contributed by atoms with E-state index < -0.39 is 0 Å². The second kappa shape index (κ2) is 9.58. The molecule has 0 aromatic heterocycles. The summed E-state index contributed by atoms with van der Waals surface area (Å²) in [6.45, 7) is 5.51. The summed E-state index contributed by atoms with van der Waals surface area (Å²) in [5.74, 6) is 0.462. The SMILES string of the molecule is C[C@H]1C[C@@H](C(=O)N2CCN(C(=O)Cc3ccccc3Cl)CC2)CCN1.Cl. The maximum atomic E-state index is 12.7. The molecule has 0 bridgehead atoms. The van der Waals surface area contributed by atoms with Crippen molar-refractivity contribution in [3.63, 3.8) is 0 Å². The topological polar surface area (TPSA) is 52.7 Å². The summed E-state index contributed by atoms with van der Waals surface area (Å²) in [5.41, 5.74) is 0.858. The van der Waals surface area contributed by atoms with Crippen molar-refractivity contribution in [2.24, 2.45) is 5.92 Å². The lowest BCUT2D eigenvalue weighted by atomic mass is 9.92. The van der Waals surface area contributed by atoms with Crippen LogP contribution in [0.2, 0.25) is 5.02 Å². The normalized spacial score (nSPS) is 23.3. The van der Waals surface area contributed by atoms with Gasteiger partial charge in [-0.2, -0.15) is 0 Å². The Bertz CT molecular complexity index is 633. The van der Waals surface area contributed by atoms with Crippen LogP contribution in [0.1, 0.15) is 25.3 Å². The third-order valence-electron chi connectivity index (χ3n) is 5.22. The van der Waals surface area contributed by atoms with Crippen molar-refractivity contribution < 1.29 is 9.59 Å². The Hall–Kier alpha value is -1.30. The van der Waals surface area contributed by atoms with Gasteiger partial charge in [0.2, 0.25) is 11.8 Å². The van der Waals surface area contributed by atoms with Gasteiger partial charge >= 0.3 is 0 Å². The summed E-state index contributed by atoms with van der Waals surface area (Å²) < 4.78 is 0. The molecule has 1 aromatic rings. The summed E-state index contributed by atoms with van der Waals surface area (Å²) in [4.78, 5) is 29.0. The van der Waals surface area contributed by atoms with Crippen LogP contribution in [0.25, 0.3) is 0 Å². The van der Waals surface area contributed by atoms with Gasteiger partial charge in [0.15, 0.2) is 0 Å². The Morgan fingerprint density at radius 3 is 2.46 bits per heavy atom. The maximum Gasteiger partial charge on any atom is 0.227 e. The Morgan fingerprint density at radius 1 is 1.15 bits per heavy atom. The molecule has 26 heavy (non-hydrogen) atoms. The first-order valence-electron chi connectivity index (χ1n) is 9.08. The van der Waals surface area contributed by atoms with Gasteiger partial charge in [0.05, 0.1) is 6.42 Å². The number of piperazine rings is 1. The Labute approximate surface area is 166 Å². The third-order valence-corrected chi connectivity index (χ3v) is 5.59. The minimum atomic E-state index is 0. The van der Waals surface area contributed by atoms with Crippen molar-refractivity contribution in [3.8, 4) is 0 Å². The molecule has 7 heteroatoms. The summed E-state index contributed by atoms with van der Waals surface area (Å²) in [6.07, 6.45) is 2.14. The largest absolute Gasteiger partial charge is 0.339 e. The van der Waals surface area contributed by atoms with Gasteiger partial charge in [-0.15, -0.1) is 12.4 Å². The van der Waals surface area contributed by atoms with Gasteiger partial charge in [-0.05, 0) is 37.9 Å². The van der Waals surface area contributed by atoms with Crippen molar-refractivity contribution in [2.75, 3.05) is 32.7 Å². The molecule has 1 aromatic carbocycles. The van der Waals surface area contributed by atoms with Crippen molar-refractivity contribution in [2.45, 2.75) is 32.2 Å². The third kappa shape index (κ3) is 5.12. The van der Waals surface area contributed by atoms with Gasteiger partial charge in [-0.1, -0.05) is 29.8 Å². The van der Waals surface area contributed by atoms with Gasteiger partial charge in [0, 0.05) is 43.2 Å². The average Bonchev–Trinajstić information content (AvgIpc) is 2.63. The lowest BCUT2D eigenvalue weighted by Gasteiger charge is -2.38. The monoisotopic (exact) mass is 399 g/mol. The minimum Gasteiger partial charge on any atom is -0.339 e. The minimum absolute atomic E-state index is 0. The van der Waals surface area contributed by atoms with Crippen LogP contribution >= 0.6 is 24.0 Å². The lowest BCUT2D eigenvalue weighted by Crippen LogP contribution is -2.53. The number of benzene rings is 1. The van der Waals surface area contributed by atoms with Crippen LogP contribution in [0, 0.1) is 5.92 Å². The number of rotatable bonds is 3. The molecule has 2 fully saturated rings. The van der Waals surface area contributed by atoms with Crippen molar-refractivity contribution >= 4 is 35.8 Å². The number of nitrogens with zero attached hydrogens (tertiary/aromatic N) is 2. The quantitative estimate of drug-likeness (QED) is 0.848. The maximum absolute atomic E-state index is 12.7. The highest BCUT2D eigenvalue weighted by atomic mass is 35.5. The summed E-state index contributed by atoms with van der Waals surface area (Å²) in [7, 11) is 0. The zero-order valence-corrected chi connectivity index (χ0v) is 16.7. The van der Waals surface area contributed by atoms with E-state index in [0.717, 1.165) is 24.9 Å². The predicted octanol–water partition coefficient (Wildman–Crippen LogP) is 2.36. The average molecular weight is 400 g/mol. The molecule has 144 valence electrons. The first kappa shape index (κ1) is 21.0. The molecule has 5 nitrogen and oxygen atoms in total. The summed E-state index contributed by atoms with van der Waals surface area (Å²) in [5, 5.41) is 4.01. The number of nitrogens with one attached hydrogen (secondary N) is 1. The first-order valence-corrected chi connectivity index (χ1v) is 9.45. The zero-order chi connectivity index (χ0) is 17.8. The van der Waals surface area contributed by atoms with Gasteiger partial charge in [-0.25, -0.2) is 0 Å². The van der Waals surface area contributed by atoms with E-state index in [-0.39, 0.29) is 30.1 Å². The number of hydrogen-bond donors (Lipinski definition) is 1. The molecule has 2 aliphatic rings. The number of hydrogen-bond acceptors (Lipinski definition) is 3. The van der Waals surface area contributed by atoms with Crippen LogP contribution in [0.5, 0.6) is 0 Å². The van der Waals surface area contributed by atoms with E-state index in [1.54, 1.807) is 6.07 Å². The van der Waals surface area contributed by atoms with E-state index >= 15 is 0 Å². The molecule has 3 rings (SSSR count). The highest BCUT2D eigenvalue weighted by Crippen LogP contribution is 2.20. The fourth-order valence-electron chi connectivity index (χ4n) is 3.71. The molecule has 0 radical (unpaired) electrons. The molecule has 2 atom stereocenters. The molecule has 0 saturated carbocycles. The predicted molar refractivity (Wildman–Crippen MR) is 106 cm³/mol. The Balaban J connectivity index is 0.00000243. The Morgan fingerprint density at radius 2 is 1.81 bits per heavy atom. The molecule has 2 amide bonds. The lowest BCUT2D eigenvalue weighted by molar-refractivity contribution is -0.142. The molecule has 0 aliphatic carbocycles. The van der Waals surface area contributed by atoms with Crippen molar-refractivity contribution in [3.05, 3.63) is 34.9 Å². The Kier molecular flexibility index (Phi) is 7.74. The number of halogens is 2. The van der Waals surface area contributed by atoms with Crippen molar-refractivity contribution in [1.29, 1.82) is 0 Å². The highest BCUT2D eigenvalue weighted by molar-refractivity contribution is 6.31. The van der Waals surface area contributed by atoms with Crippen LogP contribution in [-0.2, 0) is 16.0 Å². The van der Waals surface area contributed by atoms with Crippen molar-refractivity contribution in [1.82, 2.24) is 15.1 Å². The van der Waals surface area contributed by atoms with Gasteiger partial charge in [0.25, 0.3) is 0 Å². The highest BCUT2D eigenvalue weighted by Gasteiger charge is 2.31. The smallest absolute Gasteiger partial charge is 0.227 e. The molecule has 2 heterocycles. The second-order valence-electron chi connectivity index (χ2n) is 7.05. The van der Waals surface area contributed by atoms with Crippen LogP contribution in [-0.4, -0.2) is 60.4 Å². The standard InChI is InChI=1S/C19H26ClN3O2.ClH/c1-14-12-16(6-7-21-14)19(25)23-10-8-22(9-11-23)18(24)13-15-4-2-3-5-17(15)20;/h2-5,14,16,21H,6-13H2,1H3;1H/t14-,16-;/m0./s1. The van der Waals surface area contributed by atoms with Gasteiger partial charge < -0.3 is 15.1 Å².